The second-order valence-corrected chi connectivity index (χ2v) is 6.23. The van der Waals surface area contributed by atoms with E-state index >= 15 is 0 Å². The summed E-state index contributed by atoms with van der Waals surface area (Å²) in [5, 5.41) is 4.17. The maximum atomic E-state index is 10.7. The maximum Gasteiger partial charge on any atom is 0.150 e. The second kappa shape index (κ2) is 10.7. The predicted octanol–water partition coefficient (Wildman–Crippen LogP) is 4.90. The van der Waals surface area contributed by atoms with Crippen LogP contribution in [0.5, 0.6) is 11.5 Å². The lowest BCUT2D eigenvalue weighted by Crippen LogP contribution is -2.13. The molecule has 0 fully saturated rings. The molecule has 29 heavy (non-hydrogen) atoms. The molecule has 0 spiro atoms. The van der Waals surface area contributed by atoms with Crippen molar-refractivity contribution in [3.05, 3.63) is 95.6 Å². The first-order valence-electron chi connectivity index (χ1n) is 9.42. The van der Waals surface area contributed by atoms with Crippen LogP contribution in [0.1, 0.15) is 28.4 Å². The minimum absolute atomic E-state index is 0.308. The highest BCUT2D eigenvalue weighted by Crippen LogP contribution is 2.17. The Balaban J connectivity index is 1.55. The zero-order valence-electron chi connectivity index (χ0n) is 16.3. The van der Waals surface area contributed by atoms with Gasteiger partial charge in [0, 0.05) is 11.1 Å². The van der Waals surface area contributed by atoms with Crippen LogP contribution in [-0.4, -0.2) is 25.2 Å². The van der Waals surface area contributed by atoms with E-state index in [0.29, 0.717) is 25.4 Å². The molecule has 3 aromatic carbocycles. The Morgan fingerprint density at radius 2 is 1.52 bits per heavy atom. The van der Waals surface area contributed by atoms with Gasteiger partial charge in [-0.05, 0) is 48.9 Å². The van der Waals surface area contributed by atoms with Crippen LogP contribution in [0.2, 0.25) is 0 Å². The van der Waals surface area contributed by atoms with E-state index in [9.17, 15) is 4.79 Å². The van der Waals surface area contributed by atoms with E-state index in [1.165, 1.54) is 0 Å². The highest BCUT2D eigenvalue weighted by molar-refractivity contribution is 6.01. The summed E-state index contributed by atoms with van der Waals surface area (Å²) in [7, 11) is 0. The van der Waals surface area contributed by atoms with Gasteiger partial charge in [-0.1, -0.05) is 47.6 Å². The Bertz CT molecular complexity index is 919. The van der Waals surface area contributed by atoms with Crippen molar-refractivity contribution in [2.75, 3.05) is 13.2 Å². The SMILES string of the molecule is CCON=C(COc1ccc(COc2ccc(C=O)cc2)cc1)c1ccccc1. The molecule has 148 valence electrons. The Hall–Kier alpha value is -3.60. The van der Waals surface area contributed by atoms with Crippen LogP contribution in [0, 0.1) is 0 Å². The van der Waals surface area contributed by atoms with E-state index in [4.69, 9.17) is 14.3 Å². The lowest BCUT2D eigenvalue weighted by atomic mass is 10.1. The summed E-state index contributed by atoms with van der Waals surface area (Å²) < 4.78 is 11.6. The number of ether oxygens (including phenoxy) is 2. The van der Waals surface area contributed by atoms with Crippen molar-refractivity contribution in [2.45, 2.75) is 13.5 Å². The summed E-state index contributed by atoms with van der Waals surface area (Å²) in [6, 6.07) is 24.6. The molecule has 0 atom stereocenters. The Morgan fingerprint density at radius 3 is 2.17 bits per heavy atom. The lowest BCUT2D eigenvalue weighted by Gasteiger charge is -2.10. The van der Waals surface area contributed by atoms with Crippen LogP contribution in [0.4, 0.5) is 0 Å². The Morgan fingerprint density at radius 1 is 0.862 bits per heavy atom. The van der Waals surface area contributed by atoms with E-state index in [2.05, 4.69) is 5.16 Å². The first kappa shape index (κ1) is 20.1. The third-order valence-corrected chi connectivity index (χ3v) is 4.13. The van der Waals surface area contributed by atoms with Gasteiger partial charge in [0.05, 0.1) is 0 Å². The summed E-state index contributed by atoms with van der Waals surface area (Å²) in [6.07, 6.45) is 0.810. The van der Waals surface area contributed by atoms with Crippen LogP contribution in [0.15, 0.2) is 84.0 Å². The molecule has 0 heterocycles. The highest BCUT2D eigenvalue weighted by Gasteiger charge is 2.06. The van der Waals surface area contributed by atoms with Gasteiger partial charge in [0.2, 0.25) is 0 Å². The van der Waals surface area contributed by atoms with Crippen molar-refractivity contribution in [1.82, 2.24) is 0 Å². The molecule has 0 radical (unpaired) electrons. The van der Waals surface area contributed by atoms with Crippen LogP contribution < -0.4 is 9.47 Å². The molecule has 0 bridgehead atoms. The number of hydrogen-bond donors (Lipinski definition) is 0. The molecule has 0 unspecified atom stereocenters. The third-order valence-electron chi connectivity index (χ3n) is 4.13. The quantitative estimate of drug-likeness (QED) is 0.281. The number of oxime groups is 1. The summed E-state index contributed by atoms with van der Waals surface area (Å²) in [6.45, 7) is 3.14. The average Bonchev–Trinajstić information content (AvgIpc) is 2.79. The number of carbonyl (C=O) groups excluding carboxylic acids is 1. The van der Waals surface area contributed by atoms with E-state index in [-0.39, 0.29) is 0 Å². The van der Waals surface area contributed by atoms with Crippen molar-refractivity contribution in [1.29, 1.82) is 0 Å². The van der Waals surface area contributed by atoms with E-state index in [1.54, 1.807) is 24.3 Å². The fourth-order valence-electron chi connectivity index (χ4n) is 2.58. The van der Waals surface area contributed by atoms with E-state index < -0.39 is 0 Å². The molecular formula is C24H23NO4. The third kappa shape index (κ3) is 6.21. The zero-order valence-corrected chi connectivity index (χ0v) is 16.3. The summed E-state index contributed by atoms with van der Waals surface area (Å²) >= 11 is 0. The molecule has 0 aliphatic heterocycles. The molecule has 3 aromatic rings. The van der Waals surface area contributed by atoms with Gasteiger partial charge in [-0.15, -0.1) is 0 Å². The molecule has 0 saturated heterocycles. The van der Waals surface area contributed by atoms with E-state index in [1.807, 2.05) is 61.5 Å². The number of carbonyl (C=O) groups is 1. The minimum Gasteiger partial charge on any atom is -0.489 e. The lowest BCUT2D eigenvalue weighted by molar-refractivity contribution is 0.112. The van der Waals surface area contributed by atoms with Crippen molar-refractivity contribution in [2.24, 2.45) is 5.16 Å². The Labute approximate surface area is 170 Å². The highest BCUT2D eigenvalue weighted by atomic mass is 16.6. The fourth-order valence-corrected chi connectivity index (χ4v) is 2.58. The fraction of sp³-hybridized carbons (Fsp3) is 0.167. The molecule has 0 amide bonds. The monoisotopic (exact) mass is 389 g/mol. The van der Waals surface area contributed by atoms with Crippen LogP contribution in [-0.2, 0) is 11.4 Å². The topological polar surface area (TPSA) is 57.1 Å². The molecule has 3 rings (SSSR count). The molecule has 5 heteroatoms. The minimum atomic E-state index is 0.308. The van der Waals surface area contributed by atoms with Gasteiger partial charge < -0.3 is 14.3 Å². The maximum absolute atomic E-state index is 10.7. The number of nitrogens with zero attached hydrogens (tertiary/aromatic N) is 1. The number of aldehydes is 1. The molecule has 0 aromatic heterocycles. The van der Waals surface area contributed by atoms with Crippen molar-refractivity contribution in [3.8, 4) is 11.5 Å². The van der Waals surface area contributed by atoms with Gasteiger partial charge in [-0.2, -0.15) is 0 Å². The van der Waals surface area contributed by atoms with Gasteiger partial charge in [0.1, 0.15) is 43.3 Å². The summed E-state index contributed by atoms with van der Waals surface area (Å²) in [4.78, 5) is 15.9. The van der Waals surface area contributed by atoms with Gasteiger partial charge in [0.25, 0.3) is 0 Å². The average molecular weight is 389 g/mol. The second-order valence-electron chi connectivity index (χ2n) is 6.23. The van der Waals surface area contributed by atoms with Gasteiger partial charge in [-0.3, -0.25) is 4.79 Å². The van der Waals surface area contributed by atoms with Crippen molar-refractivity contribution >= 4 is 12.0 Å². The normalized spacial score (nSPS) is 11.0. The standard InChI is InChI=1S/C24H23NO4/c1-2-29-25-24(21-6-4-3-5-7-21)18-28-23-14-10-20(11-15-23)17-27-22-12-8-19(16-26)9-13-22/h3-16H,2,17-18H2,1H3. The molecule has 5 nitrogen and oxygen atoms in total. The van der Waals surface area contributed by atoms with Crippen LogP contribution >= 0.6 is 0 Å². The Kier molecular flexibility index (Phi) is 7.41. The molecule has 0 N–H and O–H groups in total. The first-order valence-corrected chi connectivity index (χ1v) is 9.42. The largest absolute Gasteiger partial charge is 0.489 e. The van der Waals surface area contributed by atoms with Gasteiger partial charge >= 0.3 is 0 Å². The molecule has 0 aliphatic carbocycles. The molecular weight excluding hydrogens is 366 g/mol. The van der Waals surface area contributed by atoms with E-state index in [0.717, 1.165) is 34.6 Å². The van der Waals surface area contributed by atoms with Crippen LogP contribution in [0.3, 0.4) is 0 Å². The first-order chi connectivity index (χ1) is 14.3. The number of rotatable bonds is 10. The summed E-state index contributed by atoms with van der Waals surface area (Å²) in [5.41, 5.74) is 3.34. The molecule has 0 saturated carbocycles. The molecule has 0 aliphatic rings. The van der Waals surface area contributed by atoms with Crippen molar-refractivity contribution < 1.29 is 19.1 Å². The van der Waals surface area contributed by atoms with Gasteiger partial charge in [0.15, 0.2) is 0 Å². The predicted molar refractivity (Wildman–Crippen MR) is 113 cm³/mol. The summed E-state index contributed by atoms with van der Waals surface area (Å²) in [5.74, 6) is 1.46. The smallest absolute Gasteiger partial charge is 0.150 e. The van der Waals surface area contributed by atoms with Crippen LogP contribution in [0.25, 0.3) is 0 Å². The number of hydrogen-bond acceptors (Lipinski definition) is 5. The van der Waals surface area contributed by atoms with Gasteiger partial charge in [-0.25, -0.2) is 0 Å². The number of benzene rings is 3. The van der Waals surface area contributed by atoms with Crippen molar-refractivity contribution in [3.63, 3.8) is 0 Å². The zero-order chi connectivity index (χ0) is 20.3.